The lowest BCUT2D eigenvalue weighted by molar-refractivity contribution is -0.159. The van der Waals surface area contributed by atoms with Gasteiger partial charge in [0.15, 0.2) is 20.7 Å². The van der Waals surface area contributed by atoms with Gasteiger partial charge >= 0.3 is 11.9 Å². The Hall–Kier alpha value is -2.35. The van der Waals surface area contributed by atoms with E-state index in [0.29, 0.717) is 24.3 Å². The lowest BCUT2D eigenvalue weighted by Gasteiger charge is -2.41. The van der Waals surface area contributed by atoms with Crippen molar-refractivity contribution in [3.05, 3.63) is 16.1 Å². The molecular weight excluding hydrogens is 649 g/mol. The Morgan fingerprint density at radius 1 is 1.08 bits per heavy atom. The van der Waals surface area contributed by atoms with Gasteiger partial charge in [-0.1, -0.05) is 68.2 Å². The number of carbonyl (C=O) groups is 4. The summed E-state index contributed by atoms with van der Waals surface area (Å²) in [5, 5.41) is 5.46. The second-order valence-corrected chi connectivity index (χ2v) is 19.1. The number of likely N-dealkylation sites (tertiary alicyclic amines) is 1. The van der Waals surface area contributed by atoms with Gasteiger partial charge in [-0.05, 0) is 69.2 Å². The van der Waals surface area contributed by atoms with E-state index in [1.54, 1.807) is 10.3 Å². The van der Waals surface area contributed by atoms with E-state index in [0.717, 1.165) is 43.9 Å². The molecule has 1 aliphatic rings. The van der Waals surface area contributed by atoms with Gasteiger partial charge in [-0.2, -0.15) is 0 Å². The summed E-state index contributed by atoms with van der Waals surface area (Å²) in [6.07, 6.45) is 4.18. The highest BCUT2D eigenvalue weighted by Crippen LogP contribution is 2.37. The fourth-order valence-corrected chi connectivity index (χ4v) is 10.1. The Balaban J connectivity index is 2.60. The van der Waals surface area contributed by atoms with E-state index in [-0.39, 0.29) is 54.5 Å². The summed E-state index contributed by atoms with van der Waals surface area (Å²) in [5.41, 5.74) is 0.220. The van der Waals surface area contributed by atoms with Gasteiger partial charge < -0.3 is 24.1 Å². The van der Waals surface area contributed by atoms with Crippen LogP contribution in [0.5, 0.6) is 0 Å². The molecule has 0 spiro atoms. The topological polar surface area (TPSA) is 127 Å². The number of likely N-dealkylation sites (N-methyl/N-ethyl adjacent to an activating group) is 1. The van der Waals surface area contributed by atoms with Crippen molar-refractivity contribution in [3.8, 4) is 0 Å². The molecule has 1 N–H and O–H groups in total. The SMILES string of the molecule is CCCC(=O)OCN(C(=O)[C@@H](NC(=O)[C@H]1CCCCN1C)C(C)CC)[C@H](C[C@@H](O[Si](CC)(CC)CC)c1nc(C(=O)OC)cs1)C(C)C. The van der Waals surface area contributed by atoms with Crippen molar-refractivity contribution in [2.75, 3.05) is 27.4 Å². The number of nitrogens with one attached hydrogen (secondary N) is 1. The highest BCUT2D eigenvalue weighted by Gasteiger charge is 2.41. The molecule has 0 aliphatic carbocycles. The standard InChI is InChI=1S/C35H62N4O7SSi/c1-11-18-30(40)45-23-39(34(42)31(25(8)12-2)37-32(41)27-19-16-17-20-38(27)9)28(24(6)7)21-29(46-48(13-3,14-4)15-5)33-36-26(22-47-33)35(43)44-10/h22,24-25,27-29,31H,11-21,23H2,1-10H3,(H,37,41)/t25?,27-,28-,29-,31+/m1/s1. The number of rotatable bonds is 20. The number of ether oxygens (including phenoxy) is 2. The van der Waals surface area contributed by atoms with E-state index in [1.165, 1.54) is 18.4 Å². The van der Waals surface area contributed by atoms with Crippen molar-refractivity contribution < 1.29 is 33.1 Å². The van der Waals surface area contributed by atoms with Crippen LogP contribution in [0.2, 0.25) is 18.1 Å². The molecule has 48 heavy (non-hydrogen) atoms. The van der Waals surface area contributed by atoms with E-state index in [1.807, 2.05) is 41.7 Å². The first-order chi connectivity index (χ1) is 22.8. The summed E-state index contributed by atoms with van der Waals surface area (Å²) < 4.78 is 17.7. The molecule has 0 bridgehead atoms. The number of esters is 2. The third-order valence-electron chi connectivity index (χ3n) is 10.1. The van der Waals surface area contributed by atoms with Crippen molar-refractivity contribution in [1.29, 1.82) is 0 Å². The molecule has 5 atom stereocenters. The van der Waals surface area contributed by atoms with Crippen LogP contribution in [-0.4, -0.2) is 92.4 Å². The van der Waals surface area contributed by atoms with Gasteiger partial charge in [-0.15, -0.1) is 11.3 Å². The lowest BCUT2D eigenvalue weighted by atomic mass is 9.92. The van der Waals surface area contributed by atoms with Crippen LogP contribution in [0.3, 0.4) is 0 Å². The Bertz CT molecular complexity index is 1170. The first kappa shape index (κ1) is 41.8. The van der Waals surface area contributed by atoms with E-state index in [4.69, 9.17) is 13.9 Å². The fraction of sp³-hybridized carbons (Fsp3) is 0.800. The number of carbonyl (C=O) groups excluding carboxylic acids is 4. The number of aromatic nitrogens is 1. The van der Waals surface area contributed by atoms with Crippen LogP contribution in [0, 0.1) is 11.8 Å². The van der Waals surface area contributed by atoms with Crippen LogP contribution < -0.4 is 5.32 Å². The summed E-state index contributed by atoms with van der Waals surface area (Å²) in [7, 11) is 1.09. The van der Waals surface area contributed by atoms with Gasteiger partial charge in [0.05, 0.1) is 19.3 Å². The van der Waals surface area contributed by atoms with Gasteiger partial charge in [-0.3, -0.25) is 19.3 Å². The maximum atomic E-state index is 14.8. The number of hydrogen-bond donors (Lipinski definition) is 1. The monoisotopic (exact) mass is 710 g/mol. The smallest absolute Gasteiger partial charge is 0.357 e. The zero-order valence-corrected chi connectivity index (χ0v) is 33.0. The largest absolute Gasteiger partial charge is 0.464 e. The van der Waals surface area contributed by atoms with Gasteiger partial charge in [0, 0.05) is 17.8 Å². The zero-order valence-electron chi connectivity index (χ0n) is 31.1. The molecule has 2 rings (SSSR count). The molecule has 0 radical (unpaired) electrons. The number of nitrogens with zero attached hydrogens (tertiary/aromatic N) is 3. The Morgan fingerprint density at radius 3 is 2.29 bits per heavy atom. The molecule has 274 valence electrons. The zero-order chi connectivity index (χ0) is 36.0. The van der Waals surface area contributed by atoms with E-state index in [9.17, 15) is 19.2 Å². The predicted octanol–water partition coefficient (Wildman–Crippen LogP) is 6.55. The maximum Gasteiger partial charge on any atom is 0.357 e. The van der Waals surface area contributed by atoms with Gasteiger partial charge in [0.25, 0.3) is 0 Å². The van der Waals surface area contributed by atoms with Crippen LogP contribution in [-0.2, 0) is 28.3 Å². The molecule has 1 aromatic rings. The van der Waals surface area contributed by atoms with Crippen LogP contribution in [0.25, 0.3) is 0 Å². The van der Waals surface area contributed by atoms with Crippen molar-refractivity contribution in [2.45, 2.75) is 143 Å². The van der Waals surface area contributed by atoms with Gasteiger partial charge in [0.1, 0.15) is 11.0 Å². The van der Waals surface area contributed by atoms with Crippen LogP contribution >= 0.6 is 11.3 Å². The minimum absolute atomic E-state index is 0.0660. The average Bonchev–Trinajstić information content (AvgIpc) is 3.58. The molecule has 1 fully saturated rings. The molecule has 0 aromatic carbocycles. The van der Waals surface area contributed by atoms with E-state index < -0.39 is 32.5 Å². The molecular formula is C35H62N4O7SSi. The van der Waals surface area contributed by atoms with Crippen LogP contribution in [0.1, 0.15) is 122 Å². The normalized spacial score (nSPS) is 18.1. The van der Waals surface area contributed by atoms with Crippen molar-refractivity contribution in [3.63, 3.8) is 0 Å². The molecule has 11 nitrogen and oxygen atoms in total. The summed E-state index contributed by atoms with van der Waals surface area (Å²) in [6, 6.07) is 1.20. The fourth-order valence-electron chi connectivity index (χ4n) is 6.37. The first-order valence-electron chi connectivity index (χ1n) is 18.0. The Labute approximate surface area is 294 Å². The lowest BCUT2D eigenvalue weighted by Crippen LogP contribution is -2.59. The quantitative estimate of drug-likeness (QED) is 0.0911. The minimum Gasteiger partial charge on any atom is -0.464 e. The van der Waals surface area contributed by atoms with Crippen LogP contribution in [0.15, 0.2) is 5.38 Å². The van der Waals surface area contributed by atoms with Crippen molar-refractivity contribution in [2.24, 2.45) is 11.8 Å². The van der Waals surface area contributed by atoms with E-state index in [2.05, 4.69) is 36.0 Å². The molecule has 1 aromatic heterocycles. The third kappa shape index (κ3) is 11.3. The third-order valence-corrected chi connectivity index (χ3v) is 15.7. The van der Waals surface area contributed by atoms with Crippen molar-refractivity contribution in [1.82, 2.24) is 20.1 Å². The molecule has 2 amide bonds. The maximum absolute atomic E-state index is 14.8. The summed E-state index contributed by atoms with van der Waals surface area (Å²) in [6.45, 7) is 17.0. The molecule has 1 saturated heterocycles. The number of piperidine rings is 1. The number of amides is 2. The van der Waals surface area contributed by atoms with Crippen molar-refractivity contribution >= 4 is 43.4 Å². The van der Waals surface area contributed by atoms with Gasteiger partial charge in [0.2, 0.25) is 11.8 Å². The summed E-state index contributed by atoms with van der Waals surface area (Å²) >= 11 is 1.35. The molecule has 0 saturated carbocycles. The summed E-state index contributed by atoms with van der Waals surface area (Å²) in [5.74, 6) is -1.55. The number of methoxy groups -OCH3 is 1. The summed E-state index contributed by atoms with van der Waals surface area (Å²) in [4.78, 5) is 61.8. The predicted molar refractivity (Wildman–Crippen MR) is 192 cm³/mol. The Kier molecular flexibility index (Phi) is 17.7. The molecule has 1 unspecified atom stereocenters. The first-order valence-corrected chi connectivity index (χ1v) is 21.4. The second-order valence-electron chi connectivity index (χ2n) is 13.5. The average molecular weight is 711 g/mol. The highest BCUT2D eigenvalue weighted by atomic mass is 32.1. The number of thiazole rings is 1. The Morgan fingerprint density at radius 2 is 1.75 bits per heavy atom. The molecule has 1 aliphatic heterocycles. The van der Waals surface area contributed by atoms with E-state index >= 15 is 0 Å². The van der Waals surface area contributed by atoms with Gasteiger partial charge in [-0.25, -0.2) is 9.78 Å². The highest BCUT2D eigenvalue weighted by molar-refractivity contribution is 7.09. The number of hydrogen-bond acceptors (Lipinski definition) is 10. The molecule has 13 heteroatoms. The molecule has 2 heterocycles. The minimum atomic E-state index is -2.19. The van der Waals surface area contributed by atoms with Crippen LogP contribution in [0.4, 0.5) is 0 Å². The second kappa shape index (κ2) is 20.4.